The van der Waals surface area contributed by atoms with Gasteiger partial charge in [0.05, 0.1) is 28.0 Å². The molecule has 3 aromatic heterocycles. The summed E-state index contributed by atoms with van der Waals surface area (Å²) in [5.74, 6) is 0.684. The van der Waals surface area contributed by atoms with Crippen molar-refractivity contribution in [1.82, 2.24) is 15.0 Å². The van der Waals surface area contributed by atoms with E-state index in [9.17, 15) is 0 Å². The zero-order valence-corrected chi connectivity index (χ0v) is 24.2. The van der Waals surface area contributed by atoms with Crippen LogP contribution in [0.25, 0.3) is 88.8 Å². The predicted molar refractivity (Wildman–Crippen MR) is 184 cm³/mol. The van der Waals surface area contributed by atoms with Crippen molar-refractivity contribution in [2.45, 2.75) is 0 Å². The highest BCUT2D eigenvalue weighted by Gasteiger charge is 2.20. The smallest absolute Gasteiger partial charge is 0.160 e. The minimum Gasteiger partial charge on any atom is -0.455 e. The van der Waals surface area contributed by atoms with Crippen molar-refractivity contribution in [3.63, 3.8) is 0 Å². The van der Waals surface area contributed by atoms with Gasteiger partial charge in [0.25, 0.3) is 0 Å². The Kier molecular flexibility index (Phi) is 5.78. The quantitative estimate of drug-likeness (QED) is 0.209. The Bertz CT molecular complexity index is 2470. The largest absolute Gasteiger partial charge is 0.455 e. The van der Waals surface area contributed by atoms with Gasteiger partial charge in [0, 0.05) is 33.0 Å². The average Bonchev–Trinajstić information content (AvgIpc) is 3.51. The molecule has 0 N–H and O–H groups in total. The van der Waals surface area contributed by atoms with Gasteiger partial charge in [-0.25, -0.2) is 15.0 Å². The molecule has 9 aromatic rings. The van der Waals surface area contributed by atoms with E-state index in [1.165, 1.54) is 5.39 Å². The average molecular weight is 576 g/mol. The van der Waals surface area contributed by atoms with Crippen LogP contribution in [0.15, 0.2) is 156 Å². The highest BCUT2D eigenvalue weighted by Crippen LogP contribution is 2.42. The molecular formula is C41H25N3O. The van der Waals surface area contributed by atoms with Gasteiger partial charge in [-0.1, -0.05) is 127 Å². The number of aromatic nitrogens is 3. The number of hydrogen-bond donors (Lipinski definition) is 0. The summed E-state index contributed by atoms with van der Waals surface area (Å²) >= 11 is 0. The fourth-order valence-electron chi connectivity index (χ4n) is 6.32. The van der Waals surface area contributed by atoms with Gasteiger partial charge in [0.2, 0.25) is 0 Å². The van der Waals surface area contributed by atoms with E-state index in [1.807, 2.05) is 60.7 Å². The first-order valence-electron chi connectivity index (χ1n) is 15.0. The van der Waals surface area contributed by atoms with Crippen LogP contribution >= 0.6 is 0 Å². The van der Waals surface area contributed by atoms with Gasteiger partial charge < -0.3 is 4.42 Å². The van der Waals surface area contributed by atoms with Gasteiger partial charge >= 0.3 is 0 Å². The van der Waals surface area contributed by atoms with Gasteiger partial charge in [0.1, 0.15) is 11.2 Å². The fourth-order valence-corrected chi connectivity index (χ4v) is 6.32. The highest BCUT2D eigenvalue weighted by molar-refractivity contribution is 6.21. The molecule has 0 unspecified atom stereocenters. The summed E-state index contributed by atoms with van der Waals surface area (Å²) in [6.45, 7) is 0. The molecule has 0 saturated heterocycles. The van der Waals surface area contributed by atoms with Gasteiger partial charge in [-0.15, -0.1) is 0 Å². The summed E-state index contributed by atoms with van der Waals surface area (Å²) in [7, 11) is 0. The second kappa shape index (κ2) is 10.2. The number of fused-ring (bicyclic) bond motifs is 6. The number of pyridine rings is 1. The molecular weight excluding hydrogens is 550 g/mol. The Morgan fingerprint density at radius 2 is 1.11 bits per heavy atom. The van der Waals surface area contributed by atoms with Gasteiger partial charge in [-0.2, -0.15) is 0 Å². The lowest BCUT2D eigenvalue weighted by Crippen LogP contribution is -1.96. The predicted octanol–water partition coefficient (Wildman–Crippen LogP) is 10.7. The SMILES string of the molecule is c1ccc(-c2cc(-c3ccc4c(c3)nc(-c3cccc5ccccc35)c3c5ccccc5oc43)nc(-c3ccccc3)n2)cc1. The van der Waals surface area contributed by atoms with Crippen LogP contribution in [-0.4, -0.2) is 15.0 Å². The second-order valence-electron chi connectivity index (χ2n) is 11.2. The molecule has 0 aliphatic rings. The van der Waals surface area contributed by atoms with Crippen molar-refractivity contribution < 1.29 is 4.42 Å². The first-order chi connectivity index (χ1) is 22.3. The van der Waals surface area contributed by atoms with Crippen LogP contribution < -0.4 is 0 Å². The molecule has 0 aliphatic carbocycles. The number of hydrogen-bond acceptors (Lipinski definition) is 4. The van der Waals surface area contributed by atoms with E-state index >= 15 is 0 Å². The van der Waals surface area contributed by atoms with Crippen molar-refractivity contribution in [3.05, 3.63) is 152 Å². The van der Waals surface area contributed by atoms with E-state index in [0.717, 1.165) is 77.6 Å². The Labute approximate surface area is 259 Å². The van der Waals surface area contributed by atoms with Gasteiger partial charge in [-0.05, 0) is 35.0 Å². The van der Waals surface area contributed by atoms with Crippen molar-refractivity contribution in [1.29, 1.82) is 0 Å². The molecule has 6 aromatic carbocycles. The summed E-state index contributed by atoms with van der Waals surface area (Å²) in [5, 5.41) is 5.39. The summed E-state index contributed by atoms with van der Waals surface area (Å²) in [6.07, 6.45) is 0. The molecule has 0 aliphatic heterocycles. The summed E-state index contributed by atoms with van der Waals surface area (Å²) in [5.41, 5.74) is 9.22. The molecule has 0 fully saturated rings. The van der Waals surface area contributed by atoms with E-state index in [4.69, 9.17) is 19.4 Å². The standard InChI is InChI=1S/C41H25N3O/c1-3-13-27(14-4-1)34-25-35(44-41(43-34)28-15-5-2-6-16-28)29-22-23-32-36(24-29)42-39(31-20-11-17-26-12-7-8-18-30(26)31)38-33-19-9-10-21-37(33)45-40(32)38/h1-25H. The van der Waals surface area contributed by atoms with Gasteiger partial charge in [-0.3, -0.25) is 0 Å². The zero-order chi connectivity index (χ0) is 29.7. The summed E-state index contributed by atoms with van der Waals surface area (Å²) in [6, 6.07) is 51.9. The molecule has 9 rings (SSSR count). The summed E-state index contributed by atoms with van der Waals surface area (Å²) < 4.78 is 6.57. The van der Waals surface area contributed by atoms with Crippen molar-refractivity contribution in [2.24, 2.45) is 0 Å². The molecule has 0 saturated carbocycles. The van der Waals surface area contributed by atoms with E-state index in [0.29, 0.717) is 5.82 Å². The fraction of sp³-hybridized carbons (Fsp3) is 0. The van der Waals surface area contributed by atoms with Crippen LogP contribution in [0.4, 0.5) is 0 Å². The van der Waals surface area contributed by atoms with Crippen molar-refractivity contribution in [3.8, 4) is 45.2 Å². The Morgan fingerprint density at radius 3 is 1.93 bits per heavy atom. The maximum Gasteiger partial charge on any atom is 0.160 e. The third kappa shape index (κ3) is 4.27. The van der Waals surface area contributed by atoms with Crippen molar-refractivity contribution >= 4 is 43.6 Å². The Hall–Kier alpha value is -6.13. The van der Waals surface area contributed by atoms with Gasteiger partial charge in [0.15, 0.2) is 5.82 Å². The van der Waals surface area contributed by atoms with Crippen molar-refractivity contribution in [2.75, 3.05) is 0 Å². The molecule has 0 amide bonds. The molecule has 4 nitrogen and oxygen atoms in total. The van der Waals surface area contributed by atoms with Crippen LogP contribution in [-0.2, 0) is 0 Å². The normalized spacial score (nSPS) is 11.6. The Balaban J connectivity index is 1.32. The van der Waals surface area contributed by atoms with E-state index in [1.54, 1.807) is 0 Å². The number of para-hydroxylation sites is 1. The monoisotopic (exact) mass is 575 g/mol. The first-order valence-corrected chi connectivity index (χ1v) is 15.0. The third-order valence-corrected chi connectivity index (χ3v) is 8.48. The van der Waals surface area contributed by atoms with E-state index in [2.05, 4.69) is 91.0 Å². The zero-order valence-electron chi connectivity index (χ0n) is 24.2. The van der Waals surface area contributed by atoms with Crippen LogP contribution in [0.3, 0.4) is 0 Å². The molecule has 0 spiro atoms. The van der Waals surface area contributed by atoms with Crippen LogP contribution in [0.1, 0.15) is 0 Å². The number of furan rings is 1. The molecule has 4 heteroatoms. The lowest BCUT2D eigenvalue weighted by atomic mass is 9.97. The molecule has 45 heavy (non-hydrogen) atoms. The summed E-state index contributed by atoms with van der Waals surface area (Å²) in [4.78, 5) is 15.4. The molecule has 210 valence electrons. The number of nitrogens with zero attached hydrogens (tertiary/aromatic N) is 3. The topological polar surface area (TPSA) is 51.8 Å². The molecule has 0 radical (unpaired) electrons. The van der Waals surface area contributed by atoms with Crippen LogP contribution in [0.5, 0.6) is 0 Å². The highest BCUT2D eigenvalue weighted by atomic mass is 16.3. The molecule has 0 atom stereocenters. The van der Waals surface area contributed by atoms with E-state index in [-0.39, 0.29) is 0 Å². The number of benzene rings is 6. The number of rotatable bonds is 4. The first kappa shape index (κ1) is 25.4. The minimum atomic E-state index is 0.684. The lowest BCUT2D eigenvalue weighted by molar-refractivity contribution is 0.672. The third-order valence-electron chi connectivity index (χ3n) is 8.48. The molecule has 0 bridgehead atoms. The molecule has 3 heterocycles. The Morgan fingerprint density at radius 1 is 0.444 bits per heavy atom. The maximum atomic E-state index is 6.57. The van der Waals surface area contributed by atoms with Crippen LogP contribution in [0, 0.1) is 0 Å². The second-order valence-corrected chi connectivity index (χ2v) is 11.2. The minimum absolute atomic E-state index is 0.684. The van der Waals surface area contributed by atoms with Crippen LogP contribution in [0.2, 0.25) is 0 Å². The maximum absolute atomic E-state index is 6.57. The van der Waals surface area contributed by atoms with E-state index < -0.39 is 0 Å². The lowest BCUT2D eigenvalue weighted by Gasteiger charge is -2.12.